The number of halogens is 1. The summed E-state index contributed by atoms with van der Waals surface area (Å²) in [6, 6.07) is 13.8. The van der Waals surface area contributed by atoms with Crippen LogP contribution in [0.2, 0.25) is 5.02 Å². The van der Waals surface area contributed by atoms with Crippen molar-refractivity contribution >= 4 is 17.5 Å². The molecule has 0 spiro atoms. The maximum absolute atomic E-state index is 12.4. The van der Waals surface area contributed by atoms with E-state index in [1.165, 1.54) is 5.56 Å². The number of benzene rings is 2. The first kappa shape index (κ1) is 19.3. The zero-order chi connectivity index (χ0) is 18.2. The van der Waals surface area contributed by atoms with Crippen LogP contribution in [0.25, 0.3) is 0 Å². The second-order valence-corrected chi connectivity index (χ2v) is 6.80. The first-order valence-corrected chi connectivity index (χ1v) is 9.13. The minimum Gasteiger partial charge on any atom is -0.481 e. The van der Waals surface area contributed by atoms with Crippen LogP contribution in [0.5, 0.6) is 5.75 Å². The Hall–Kier alpha value is -2.00. The molecule has 0 heterocycles. The van der Waals surface area contributed by atoms with E-state index in [4.69, 9.17) is 16.3 Å². The second kappa shape index (κ2) is 9.47. The second-order valence-electron chi connectivity index (χ2n) is 6.36. The van der Waals surface area contributed by atoms with Gasteiger partial charge in [0.2, 0.25) is 0 Å². The Morgan fingerprint density at radius 2 is 1.76 bits per heavy atom. The molecule has 1 amide bonds. The lowest BCUT2D eigenvalue weighted by atomic mass is 10.1. The van der Waals surface area contributed by atoms with E-state index in [0.717, 1.165) is 34.7 Å². The average Bonchev–Trinajstić information content (AvgIpc) is 2.57. The monoisotopic (exact) mass is 359 g/mol. The number of amides is 1. The molecular formula is C21H26ClNO2. The van der Waals surface area contributed by atoms with Gasteiger partial charge in [0.05, 0.1) is 0 Å². The minimum atomic E-state index is -0.461. The molecule has 134 valence electrons. The third-order valence-electron chi connectivity index (χ3n) is 3.99. The van der Waals surface area contributed by atoms with E-state index in [1.807, 2.05) is 57.2 Å². The van der Waals surface area contributed by atoms with Gasteiger partial charge in [0.1, 0.15) is 5.75 Å². The lowest BCUT2D eigenvalue weighted by molar-refractivity contribution is -0.128. The van der Waals surface area contributed by atoms with Crippen molar-refractivity contribution in [2.24, 2.45) is 0 Å². The highest BCUT2D eigenvalue weighted by Gasteiger charge is 2.18. The van der Waals surface area contributed by atoms with Gasteiger partial charge >= 0.3 is 0 Å². The lowest BCUT2D eigenvalue weighted by Crippen LogP contribution is -2.38. The molecule has 3 nitrogen and oxygen atoms in total. The highest BCUT2D eigenvalue weighted by molar-refractivity contribution is 6.30. The van der Waals surface area contributed by atoms with E-state index in [-0.39, 0.29) is 5.91 Å². The largest absolute Gasteiger partial charge is 0.481 e. The SMILES string of the molecule is CC[C@@H](Oc1cc(C)cc(C)c1)C(=O)NCCCc1ccc(Cl)cc1. The summed E-state index contributed by atoms with van der Waals surface area (Å²) in [5.74, 6) is 0.693. The number of hydrogen-bond donors (Lipinski definition) is 1. The van der Waals surface area contributed by atoms with Crippen molar-refractivity contribution in [3.8, 4) is 5.75 Å². The highest BCUT2D eigenvalue weighted by Crippen LogP contribution is 2.18. The van der Waals surface area contributed by atoms with Gasteiger partial charge in [-0.1, -0.05) is 36.7 Å². The zero-order valence-electron chi connectivity index (χ0n) is 15.1. The van der Waals surface area contributed by atoms with Crippen LogP contribution >= 0.6 is 11.6 Å². The number of ether oxygens (including phenoxy) is 1. The summed E-state index contributed by atoms with van der Waals surface area (Å²) in [5.41, 5.74) is 3.48. The standard InChI is InChI=1S/C21H26ClNO2/c1-4-20(25-19-13-15(2)12-16(3)14-19)21(24)23-11-5-6-17-7-9-18(22)10-8-17/h7-10,12-14,20H,4-6,11H2,1-3H3,(H,23,24)/t20-/m1/s1. The molecule has 2 rings (SSSR count). The summed E-state index contributed by atoms with van der Waals surface area (Å²) in [6.45, 7) is 6.64. The van der Waals surface area contributed by atoms with Gasteiger partial charge in [-0.15, -0.1) is 0 Å². The molecule has 0 unspecified atom stereocenters. The third-order valence-corrected chi connectivity index (χ3v) is 4.24. The molecule has 0 aliphatic rings. The van der Waals surface area contributed by atoms with Gasteiger partial charge in [0.25, 0.3) is 5.91 Å². The fourth-order valence-electron chi connectivity index (χ4n) is 2.76. The zero-order valence-corrected chi connectivity index (χ0v) is 15.9. The van der Waals surface area contributed by atoms with Crippen LogP contribution < -0.4 is 10.1 Å². The number of rotatable bonds is 8. The van der Waals surface area contributed by atoms with Crippen molar-refractivity contribution in [2.45, 2.75) is 46.1 Å². The van der Waals surface area contributed by atoms with E-state index in [1.54, 1.807) is 0 Å². The molecule has 0 aliphatic carbocycles. The topological polar surface area (TPSA) is 38.3 Å². The van der Waals surface area contributed by atoms with Crippen LogP contribution in [0, 0.1) is 13.8 Å². The fourth-order valence-corrected chi connectivity index (χ4v) is 2.88. The van der Waals surface area contributed by atoms with Crippen LogP contribution in [-0.2, 0) is 11.2 Å². The maximum Gasteiger partial charge on any atom is 0.261 e. The summed E-state index contributed by atoms with van der Waals surface area (Å²) >= 11 is 5.88. The van der Waals surface area contributed by atoms with Gasteiger partial charge in [-0.3, -0.25) is 4.79 Å². The number of aryl methyl sites for hydroxylation is 3. The molecule has 4 heteroatoms. The first-order chi connectivity index (χ1) is 12.0. The van der Waals surface area contributed by atoms with Crippen molar-refractivity contribution < 1.29 is 9.53 Å². The van der Waals surface area contributed by atoms with Crippen LogP contribution in [0.4, 0.5) is 0 Å². The number of carbonyl (C=O) groups excluding carboxylic acids is 1. The number of hydrogen-bond acceptors (Lipinski definition) is 2. The van der Waals surface area contributed by atoms with Crippen molar-refractivity contribution in [1.82, 2.24) is 5.32 Å². The van der Waals surface area contributed by atoms with E-state index in [9.17, 15) is 4.79 Å². The molecule has 0 aliphatic heterocycles. The highest BCUT2D eigenvalue weighted by atomic mass is 35.5. The molecule has 1 atom stereocenters. The molecule has 0 bridgehead atoms. The predicted octanol–water partition coefficient (Wildman–Crippen LogP) is 4.86. The lowest BCUT2D eigenvalue weighted by Gasteiger charge is -2.18. The summed E-state index contributed by atoms with van der Waals surface area (Å²) < 4.78 is 5.89. The van der Waals surface area contributed by atoms with Crippen LogP contribution in [0.3, 0.4) is 0 Å². The Kier molecular flexibility index (Phi) is 7.32. The Morgan fingerprint density at radius 1 is 1.12 bits per heavy atom. The molecule has 2 aromatic carbocycles. The summed E-state index contributed by atoms with van der Waals surface area (Å²) in [4.78, 5) is 12.4. The number of nitrogens with one attached hydrogen (secondary N) is 1. The molecule has 1 N–H and O–H groups in total. The molecule has 0 fully saturated rings. The number of carbonyl (C=O) groups is 1. The van der Waals surface area contributed by atoms with E-state index >= 15 is 0 Å². The molecular weight excluding hydrogens is 334 g/mol. The van der Waals surface area contributed by atoms with Gasteiger partial charge in [0.15, 0.2) is 6.10 Å². The van der Waals surface area contributed by atoms with Crippen LogP contribution in [-0.4, -0.2) is 18.6 Å². The molecule has 2 aromatic rings. The van der Waals surface area contributed by atoms with Gasteiger partial charge in [-0.05, 0) is 74.1 Å². The summed E-state index contributed by atoms with van der Waals surface area (Å²) in [6.07, 6.45) is 1.96. The Bertz CT molecular complexity index is 677. The van der Waals surface area contributed by atoms with Crippen LogP contribution in [0.15, 0.2) is 42.5 Å². The normalized spacial score (nSPS) is 11.8. The fraction of sp³-hybridized carbons (Fsp3) is 0.381. The van der Waals surface area contributed by atoms with Crippen molar-refractivity contribution in [3.63, 3.8) is 0 Å². The predicted molar refractivity (Wildman–Crippen MR) is 103 cm³/mol. The first-order valence-electron chi connectivity index (χ1n) is 8.75. The van der Waals surface area contributed by atoms with Gasteiger partial charge in [-0.2, -0.15) is 0 Å². The Balaban J connectivity index is 1.80. The van der Waals surface area contributed by atoms with Crippen molar-refractivity contribution in [1.29, 1.82) is 0 Å². The van der Waals surface area contributed by atoms with E-state index < -0.39 is 6.10 Å². The Morgan fingerprint density at radius 3 is 2.36 bits per heavy atom. The molecule has 0 aromatic heterocycles. The summed E-state index contributed by atoms with van der Waals surface area (Å²) in [5, 5.41) is 3.72. The van der Waals surface area contributed by atoms with E-state index in [0.29, 0.717) is 13.0 Å². The van der Waals surface area contributed by atoms with Gasteiger partial charge in [0, 0.05) is 11.6 Å². The Labute approximate surface area is 155 Å². The molecule has 0 radical (unpaired) electrons. The van der Waals surface area contributed by atoms with Crippen LogP contribution in [0.1, 0.15) is 36.5 Å². The average molecular weight is 360 g/mol. The smallest absolute Gasteiger partial charge is 0.261 e. The third kappa shape index (κ3) is 6.43. The van der Waals surface area contributed by atoms with Gasteiger partial charge < -0.3 is 10.1 Å². The van der Waals surface area contributed by atoms with E-state index in [2.05, 4.69) is 11.4 Å². The van der Waals surface area contributed by atoms with Crippen molar-refractivity contribution in [3.05, 3.63) is 64.2 Å². The molecule has 25 heavy (non-hydrogen) atoms. The molecule has 0 saturated heterocycles. The van der Waals surface area contributed by atoms with Crippen molar-refractivity contribution in [2.75, 3.05) is 6.54 Å². The molecule has 0 saturated carbocycles. The maximum atomic E-state index is 12.4. The quantitative estimate of drug-likeness (QED) is 0.683. The minimum absolute atomic E-state index is 0.0576. The summed E-state index contributed by atoms with van der Waals surface area (Å²) in [7, 11) is 0. The van der Waals surface area contributed by atoms with Gasteiger partial charge in [-0.25, -0.2) is 0 Å².